The van der Waals surface area contributed by atoms with E-state index in [1.54, 1.807) is 0 Å². The summed E-state index contributed by atoms with van der Waals surface area (Å²) in [5.41, 5.74) is 3.29. The van der Waals surface area contributed by atoms with Crippen LogP contribution in [0.5, 0.6) is 11.5 Å². The van der Waals surface area contributed by atoms with Crippen LogP contribution in [0.25, 0.3) is 0 Å². The van der Waals surface area contributed by atoms with Crippen LogP contribution in [0.4, 0.5) is 0 Å². The van der Waals surface area contributed by atoms with Crippen molar-refractivity contribution < 1.29 is 10.2 Å². The van der Waals surface area contributed by atoms with E-state index < -0.39 is 5.41 Å². The van der Waals surface area contributed by atoms with Gasteiger partial charge in [-0.15, -0.1) is 0 Å². The maximum Gasteiger partial charge on any atom is 0.122 e. The van der Waals surface area contributed by atoms with Crippen LogP contribution >= 0.6 is 0 Å². The number of aryl methyl sites for hydroxylation is 2. The van der Waals surface area contributed by atoms with Gasteiger partial charge in [-0.1, -0.05) is 76.9 Å². The van der Waals surface area contributed by atoms with E-state index in [0.717, 1.165) is 60.8 Å². The maximum absolute atomic E-state index is 10.8. The number of unbranched alkanes of at least 4 members (excludes halogenated alkanes) is 2. The van der Waals surface area contributed by atoms with Gasteiger partial charge in [-0.25, -0.2) is 0 Å². The summed E-state index contributed by atoms with van der Waals surface area (Å²) in [6.07, 6.45) is 6.11. The Balaban J connectivity index is 2.45. The number of para-hydroxylation sites is 2. The summed E-state index contributed by atoms with van der Waals surface area (Å²) in [4.78, 5) is 0. The Kier molecular flexibility index (Phi) is 6.52. The number of phenolic OH excluding ortho intramolecular Hbond substituents is 2. The molecule has 0 spiro atoms. The highest BCUT2D eigenvalue weighted by Crippen LogP contribution is 2.43. The van der Waals surface area contributed by atoms with Gasteiger partial charge in [-0.05, 0) is 36.8 Å². The smallest absolute Gasteiger partial charge is 0.122 e. The predicted molar refractivity (Wildman–Crippen MR) is 106 cm³/mol. The third kappa shape index (κ3) is 4.18. The molecule has 0 saturated heterocycles. The third-order valence-corrected chi connectivity index (χ3v) is 5.19. The Morgan fingerprint density at radius 3 is 1.48 bits per heavy atom. The molecule has 0 bridgehead atoms. The molecule has 2 aromatic rings. The maximum atomic E-state index is 10.8. The fourth-order valence-corrected chi connectivity index (χ4v) is 3.47. The van der Waals surface area contributed by atoms with Gasteiger partial charge in [0.25, 0.3) is 0 Å². The van der Waals surface area contributed by atoms with Gasteiger partial charge in [0.2, 0.25) is 0 Å². The molecule has 0 radical (unpaired) electrons. The van der Waals surface area contributed by atoms with Crippen LogP contribution in [0.2, 0.25) is 0 Å². The van der Waals surface area contributed by atoms with Gasteiger partial charge >= 0.3 is 0 Å². The molecule has 136 valence electrons. The number of hydrogen-bond donors (Lipinski definition) is 2. The standard InChI is InChI=1S/C23H32O2/c1-5-7-11-17-13-9-15-19(21(17)24)23(3,4)20-16-10-14-18(22(20)25)12-8-6-2/h9-10,13-16,24-25H,5-8,11-12H2,1-4H3. The highest BCUT2D eigenvalue weighted by molar-refractivity contribution is 5.54. The second kappa shape index (κ2) is 8.42. The van der Waals surface area contributed by atoms with Crippen molar-refractivity contribution in [3.05, 3.63) is 58.7 Å². The van der Waals surface area contributed by atoms with Crippen molar-refractivity contribution in [2.75, 3.05) is 0 Å². The van der Waals surface area contributed by atoms with Gasteiger partial charge in [0.15, 0.2) is 0 Å². The van der Waals surface area contributed by atoms with Crippen LogP contribution in [-0.2, 0) is 18.3 Å². The molecule has 0 fully saturated rings. The minimum atomic E-state index is -0.460. The molecular weight excluding hydrogens is 308 g/mol. The van der Waals surface area contributed by atoms with E-state index in [1.165, 1.54) is 0 Å². The largest absolute Gasteiger partial charge is 0.507 e. The molecule has 2 heteroatoms. The first-order valence-corrected chi connectivity index (χ1v) is 9.56. The molecule has 0 atom stereocenters. The van der Waals surface area contributed by atoms with E-state index in [4.69, 9.17) is 0 Å². The first-order valence-electron chi connectivity index (χ1n) is 9.56. The summed E-state index contributed by atoms with van der Waals surface area (Å²) in [7, 11) is 0. The second-order valence-corrected chi connectivity index (χ2v) is 7.46. The first-order chi connectivity index (χ1) is 11.9. The SMILES string of the molecule is CCCCc1cccc(C(C)(C)c2cccc(CCCC)c2O)c1O. The topological polar surface area (TPSA) is 40.5 Å². The van der Waals surface area contributed by atoms with Gasteiger partial charge in [0, 0.05) is 16.5 Å². The molecule has 2 rings (SSSR count). The lowest BCUT2D eigenvalue weighted by Gasteiger charge is -2.29. The van der Waals surface area contributed by atoms with Crippen LogP contribution in [-0.4, -0.2) is 10.2 Å². The number of hydrogen-bond acceptors (Lipinski definition) is 2. The molecular formula is C23H32O2. The molecule has 0 aliphatic rings. The van der Waals surface area contributed by atoms with Gasteiger partial charge < -0.3 is 10.2 Å². The zero-order valence-electron chi connectivity index (χ0n) is 16.1. The Morgan fingerprint density at radius 2 is 1.12 bits per heavy atom. The van der Waals surface area contributed by atoms with E-state index in [-0.39, 0.29) is 0 Å². The number of phenols is 2. The van der Waals surface area contributed by atoms with Crippen molar-refractivity contribution in [2.45, 2.75) is 71.6 Å². The number of aromatic hydroxyl groups is 2. The van der Waals surface area contributed by atoms with Gasteiger partial charge in [-0.2, -0.15) is 0 Å². The zero-order valence-corrected chi connectivity index (χ0v) is 16.1. The minimum absolute atomic E-state index is 0.374. The van der Waals surface area contributed by atoms with Crippen LogP contribution in [0.1, 0.15) is 75.6 Å². The fraction of sp³-hybridized carbons (Fsp3) is 0.478. The quantitative estimate of drug-likeness (QED) is 0.608. The fourth-order valence-electron chi connectivity index (χ4n) is 3.47. The lowest BCUT2D eigenvalue weighted by molar-refractivity contribution is 0.428. The van der Waals surface area contributed by atoms with Gasteiger partial charge in [-0.3, -0.25) is 0 Å². The summed E-state index contributed by atoms with van der Waals surface area (Å²) in [5.74, 6) is 0.749. The summed E-state index contributed by atoms with van der Waals surface area (Å²) >= 11 is 0. The molecule has 0 heterocycles. The lowest BCUT2D eigenvalue weighted by atomic mass is 9.75. The highest BCUT2D eigenvalue weighted by Gasteiger charge is 2.30. The Morgan fingerprint density at radius 1 is 0.720 bits per heavy atom. The molecule has 2 N–H and O–H groups in total. The molecule has 2 aromatic carbocycles. The average molecular weight is 341 g/mol. The molecule has 0 aromatic heterocycles. The van der Waals surface area contributed by atoms with Crippen LogP contribution < -0.4 is 0 Å². The second-order valence-electron chi connectivity index (χ2n) is 7.46. The Hall–Kier alpha value is -1.96. The summed E-state index contributed by atoms with van der Waals surface area (Å²) < 4.78 is 0. The Bertz CT molecular complexity index is 642. The van der Waals surface area contributed by atoms with Crippen LogP contribution in [0, 0.1) is 0 Å². The zero-order chi connectivity index (χ0) is 18.4. The van der Waals surface area contributed by atoms with Gasteiger partial charge in [0.05, 0.1) is 0 Å². The molecule has 0 amide bonds. The van der Waals surface area contributed by atoms with Crippen LogP contribution in [0.15, 0.2) is 36.4 Å². The van der Waals surface area contributed by atoms with Crippen molar-refractivity contribution in [2.24, 2.45) is 0 Å². The van der Waals surface area contributed by atoms with Gasteiger partial charge in [0.1, 0.15) is 11.5 Å². The predicted octanol–water partition coefficient (Wildman–Crippen LogP) is 6.11. The molecule has 0 aliphatic carbocycles. The Labute approximate surface area is 152 Å². The highest BCUT2D eigenvalue weighted by atomic mass is 16.3. The first kappa shape index (κ1) is 19.4. The lowest BCUT2D eigenvalue weighted by Crippen LogP contribution is -2.20. The minimum Gasteiger partial charge on any atom is -0.507 e. The van der Waals surface area contributed by atoms with E-state index >= 15 is 0 Å². The van der Waals surface area contributed by atoms with Crippen molar-refractivity contribution in [3.8, 4) is 11.5 Å². The van der Waals surface area contributed by atoms with Crippen molar-refractivity contribution in [1.82, 2.24) is 0 Å². The van der Waals surface area contributed by atoms with E-state index in [2.05, 4.69) is 27.7 Å². The molecule has 2 nitrogen and oxygen atoms in total. The molecule has 0 saturated carbocycles. The summed E-state index contributed by atoms with van der Waals surface area (Å²) in [6.45, 7) is 8.46. The van der Waals surface area contributed by atoms with E-state index in [9.17, 15) is 10.2 Å². The molecule has 25 heavy (non-hydrogen) atoms. The number of rotatable bonds is 8. The summed E-state index contributed by atoms with van der Waals surface area (Å²) in [5, 5.41) is 21.7. The van der Waals surface area contributed by atoms with Crippen molar-refractivity contribution in [3.63, 3.8) is 0 Å². The van der Waals surface area contributed by atoms with Crippen molar-refractivity contribution >= 4 is 0 Å². The third-order valence-electron chi connectivity index (χ3n) is 5.19. The van der Waals surface area contributed by atoms with Crippen LogP contribution in [0.3, 0.4) is 0 Å². The normalized spacial score (nSPS) is 11.7. The molecule has 0 aliphatic heterocycles. The monoisotopic (exact) mass is 340 g/mol. The summed E-state index contributed by atoms with van der Waals surface area (Å²) in [6, 6.07) is 12.0. The van der Waals surface area contributed by atoms with Crippen molar-refractivity contribution in [1.29, 1.82) is 0 Å². The number of benzene rings is 2. The average Bonchev–Trinajstić information content (AvgIpc) is 2.59. The van der Waals surface area contributed by atoms with E-state index in [1.807, 2.05) is 36.4 Å². The molecule has 0 unspecified atom stereocenters. The van der Waals surface area contributed by atoms with E-state index in [0.29, 0.717) is 11.5 Å².